The molecule has 1 aromatic carbocycles. The summed E-state index contributed by atoms with van der Waals surface area (Å²) < 4.78 is 0. The highest BCUT2D eigenvalue weighted by molar-refractivity contribution is 6.31. The van der Waals surface area contributed by atoms with Gasteiger partial charge < -0.3 is 5.41 Å². The van der Waals surface area contributed by atoms with Crippen LogP contribution in [0.4, 0.5) is 0 Å². The van der Waals surface area contributed by atoms with Crippen molar-refractivity contribution in [3.05, 3.63) is 34.9 Å². The molecule has 0 fully saturated rings. The van der Waals surface area contributed by atoms with E-state index in [9.17, 15) is 0 Å². The number of nitrogens with one attached hydrogen (secondary N) is 1. The Kier molecular flexibility index (Phi) is 2.66. The maximum Gasteiger partial charge on any atom is 0.0441 e. The van der Waals surface area contributed by atoms with Gasteiger partial charge in [0.25, 0.3) is 0 Å². The quantitative estimate of drug-likeness (QED) is 0.655. The summed E-state index contributed by atoms with van der Waals surface area (Å²) in [6.45, 7) is 1.78. The summed E-state index contributed by atoms with van der Waals surface area (Å²) in [7, 11) is 0. The van der Waals surface area contributed by atoms with Gasteiger partial charge in [0, 0.05) is 17.2 Å². The van der Waals surface area contributed by atoms with Crippen molar-refractivity contribution < 1.29 is 0 Å². The molecule has 0 spiro atoms. The Bertz CT molecular complexity index is 268. The predicted octanol–water partition coefficient (Wildman–Crippen LogP) is 2.92. The second-order valence-corrected chi connectivity index (χ2v) is 2.96. The van der Waals surface area contributed by atoms with Crippen LogP contribution in [0, 0.1) is 5.41 Å². The molecule has 11 heavy (non-hydrogen) atoms. The molecule has 0 aliphatic rings. The van der Waals surface area contributed by atoms with Crippen molar-refractivity contribution in [1.29, 1.82) is 5.41 Å². The van der Waals surface area contributed by atoms with E-state index in [0.717, 1.165) is 10.6 Å². The molecule has 0 amide bonds. The second-order valence-electron chi connectivity index (χ2n) is 2.55. The molecule has 0 saturated carbocycles. The van der Waals surface area contributed by atoms with Crippen molar-refractivity contribution in [2.24, 2.45) is 0 Å². The normalized spacial score (nSPS) is 9.64. The zero-order valence-electron chi connectivity index (χ0n) is 6.39. The Morgan fingerprint density at radius 1 is 1.45 bits per heavy atom. The van der Waals surface area contributed by atoms with Gasteiger partial charge in [-0.2, -0.15) is 0 Å². The van der Waals surface area contributed by atoms with E-state index in [1.165, 1.54) is 0 Å². The summed E-state index contributed by atoms with van der Waals surface area (Å²) in [5, 5.41) is 8.02. The van der Waals surface area contributed by atoms with E-state index >= 15 is 0 Å². The molecule has 0 atom stereocenters. The molecule has 58 valence electrons. The van der Waals surface area contributed by atoms with Crippen LogP contribution in [0.15, 0.2) is 24.3 Å². The van der Waals surface area contributed by atoms with Gasteiger partial charge in [-0.3, -0.25) is 0 Å². The van der Waals surface area contributed by atoms with Gasteiger partial charge in [0.1, 0.15) is 0 Å². The maximum absolute atomic E-state index is 7.27. The third kappa shape index (κ3) is 2.35. The predicted molar refractivity (Wildman–Crippen MR) is 48.6 cm³/mol. The Morgan fingerprint density at radius 2 is 2.09 bits per heavy atom. The Morgan fingerprint density at radius 3 is 2.64 bits per heavy atom. The monoisotopic (exact) mass is 167 g/mol. The minimum Gasteiger partial charge on any atom is -0.310 e. The third-order valence-corrected chi connectivity index (χ3v) is 1.78. The minimum absolute atomic E-state index is 0.637. The summed E-state index contributed by atoms with van der Waals surface area (Å²) in [6.07, 6.45) is 0.652. The Hall–Kier alpha value is -0.820. The molecule has 1 rings (SSSR count). The summed E-state index contributed by atoms with van der Waals surface area (Å²) in [6, 6.07) is 7.62. The average Bonchev–Trinajstić information content (AvgIpc) is 1.93. The first-order valence-electron chi connectivity index (χ1n) is 3.47. The van der Waals surface area contributed by atoms with Crippen molar-refractivity contribution in [3.8, 4) is 0 Å². The highest BCUT2D eigenvalue weighted by Crippen LogP contribution is 2.15. The number of hydrogen-bond donors (Lipinski definition) is 1. The summed E-state index contributed by atoms with van der Waals surface area (Å²) in [5.41, 5.74) is 1.67. The topological polar surface area (TPSA) is 23.9 Å². The largest absolute Gasteiger partial charge is 0.310 e. The number of rotatable bonds is 2. The van der Waals surface area contributed by atoms with Crippen LogP contribution in [-0.2, 0) is 6.42 Å². The number of hydrogen-bond acceptors (Lipinski definition) is 1. The van der Waals surface area contributed by atoms with Gasteiger partial charge in [0.05, 0.1) is 0 Å². The molecule has 0 radical (unpaired) electrons. The first kappa shape index (κ1) is 8.28. The summed E-state index contributed by atoms with van der Waals surface area (Å²) >= 11 is 5.87. The van der Waals surface area contributed by atoms with Gasteiger partial charge in [0.2, 0.25) is 0 Å². The van der Waals surface area contributed by atoms with Crippen LogP contribution in [-0.4, -0.2) is 5.71 Å². The van der Waals surface area contributed by atoms with E-state index in [1.54, 1.807) is 6.92 Å². The molecular formula is C9H10ClN. The van der Waals surface area contributed by atoms with Crippen molar-refractivity contribution in [2.75, 3.05) is 0 Å². The van der Waals surface area contributed by atoms with Crippen LogP contribution < -0.4 is 0 Å². The third-order valence-electron chi connectivity index (χ3n) is 1.41. The van der Waals surface area contributed by atoms with E-state index in [0.29, 0.717) is 12.1 Å². The van der Waals surface area contributed by atoms with Crippen LogP contribution in [0.1, 0.15) is 12.5 Å². The smallest absolute Gasteiger partial charge is 0.0441 e. The van der Waals surface area contributed by atoms with Crippen molar-refractivity contribution in [1.82, 2.24) is 0 Å². The highest BCUT2D eigenvalue weighted by atomic mass is 35.5. The molecule has 1 aromatic rings. The molecule has 0 aromatic heterocycles. The van der Waals surface area contributed by atoms with E-state index in [2.05, 4.69) is 0 Å². The highest BCUT2D eigenvalue weighted by Gasteiger charge is 1.98. The van der Waals surface area contributed by atoms with Crippen LogP contribution in [0.3, 0.4) is 0 Å². The minimum atomic E-state index is 0.637. The van der Waals surface area contributed by atoms with Crippen LogP contribution in [0.2, 0.25) is 5.02 Å². The lowest BCUT2D eigenvalue weighted by atomic mass is 10.1. The van der Waals surface area contributed by atoms with Gasteiger partial charge in [0.15, 0.2) is 0 Å². The lowest BCUT2D eigenvalue weighted by molar-refractivity contribution is 1.27. The van der Waals surface area contributed by atoms with E-state index < -0.39 is 0 Å². The molecule has 0 bridgehead atoms. The lowest BCUT2D eigenvalue weighted by Crippen LogP contribution is -1.95. The summed E-state index contributed by atoms with van der Waals surface area (Å²) in [5.74, 6) is 0. The van der Waals surface area contributed by atoms with Gasteiger partial charge in [-0.15, -0.1) is 0 Å². The molecule has 2 heteroatoms. The fourth-order valence-corrected chi connectivity index (χ4v) is 1.13. The van der Waals surface area contributed by atoms with Crippen molar-refractivity contribution in [2.45, 2.75) is 13.3 Å². The van der Waals surface area contributed by atoms with E-state index in [-0.39, 0.29) is 0 Å². The van der Waals surface area contributed by atoms with Crippen LogP contribution in [0.5, 0.6) is 0 Å². The van der Waals surface area contributed by atoms with E-state index in [4.69, 9.17) is 17.0 Å². The number of halogens is 1. The van der Waals surface area contributed by atoms with Gasteiger partial charge >= 0.3 is 0 Å². The standard InChI is InChI=1S/C9H10ClN/c1-7(11)6-8-4-2-3-5-9(8)10/h2-5,11H,6H2,1H3. The molecule has 0 unspecified atom stereocenters. The molecule has 0 saturated heterocycles. The van der Waals surface area contributed by atoms with Crippen molar-refractivity contribution >= 4 is 17.3 Å². The first-order chi connectivity index (χ1) is 5.20. The molecular weight excluding hydrogens is 158 g/mol. The average molecular weight is 168 g/mol. The summed E-state index contributed by atoms with van der Waals surface area (Å²) in [4.78, 5) is 0. The molecule has 0 aliphatic carbocycles. The fraction of sp³-hybridized carbons (Fsp3) is 0.222. The fourth-order valence-electron chi connectivity index (χ4n) is 0.927. The van der Waals surface area contributed by atoms with Gasteiger partial charge in [-0.1, -0.05) is 29.8 Å². The van der Waals surface area contributed by atoms with Crippen LogP contribution in [0.25, 0.3) is 0 Å². The SMILES string of the molecule is CC(=N)Cc1ccccc1Cl. The van der Waals surface area contributed by atoms with Gasteiger partial charge in [-0.05, 0) is 18.6 Å². The molecule has 0 heterocycles. The maximum atomic E-state index is 7.27. The zero-order chi connectivity index (χ0) is 8.27. The zero-order valence-corrected chi connectivity index (χ0v) is 7.15. The lowest BCUT2D eigenvalue weighted by Gasteiger charge is -2.00. The second kappa shape index (κ2) is 3.54. The molecule has 0 aliphatic heterocycles. The van der Waals surface area contributed by atoms with Crippen molar-refractivity contribution in [3.63, 3.8) is 0 Å². The molecule has 1 N–H and O–H groups in total. The Balaban J connectivity index is 2.86. The van der Waals surface area contributed by atoms with E-state index in [1.807, 2.05) is 24.3 Å². The van der Waals surface area contributed by atoms with Gasteiger partial charge in [-0.25, -0.2) is 0 Å². The Labute approximate surface area is 71.5 Å². The molecule has 1 nitrogen and oxygen atoms in total. The first-order valence-corrected chi connectivity index (χ1v) is 3.85. The number of benzene rings is 1. The van der Waals surface area contributed by atoms with Crippen LogP contribution >= 0.6 is 11.6 Å².